The zero-order chi connectivity index (χ0) is 28.2. The summed E-state index contributed by atoms with van der Waals surface area (Å²) in [5.74, 6) is -3.55. The fraction of sp³-hybridized carbons (Fsp3) is 0.429. The van der Waals surface area contributed by atoms with E-state index in [1.165, 1.54) is 6.20 Å². The van der Waals surface area contributed by atoms with E-state index in [0.717, 1.165) is 6.07 Å². The maximum absolute atomic E-state index is 13.9. The molecule has 0 spiro atoms. The van der Waals surface area contributed by atoms with Crippen molar-refractivity contribution in [3.05, 3.63) is 64.6 Å². The average molecular weight is 566 g/mol. The summed E-state index contributed by atoms with van der Waals surface area (Å²) in [6.45, 7) is 1.95. The number of carboxylic acid groups (broad SMARTS) is 1. The maximum atomic E-state index is 13.9. The number of aliphatic carboxylic acids is 1. The van der Waals surface area contributed by atoms with Crippen molar-refractivity contribution in [1.82, 2.24) is 9.88 Å². The molecule has 2 aromatic carbocycles. The number of ether oxygens (including phenoxy) is 1. The molecular formula is C28H31ClF3N3O4. The summed E-state index contributed by atoms with van der Waals surface area (Å²) >= 11 is 6.44. The fourth-order valence-electron chi connectivity index (χ4n) is 5.34. The Morgan fingerprint density at radius 3 is 2.67 bits per heavy atom. The van der Waals surface area contributed by atoms with Crippen molar-refractivity contribution in [3.8, 4) is 5.75 Å². The highest BCUT2D eigenvalue weighted by Gasteiger charge is 2.37. The number of nitrogens with zero attached hydrogens (tertiary/aromatic N) is 2. The van der Waals surface area contributed by atoms with Crippen molar-refractivity contribution < 1.29 is 32.9 Å². The topological polar surface area (TPSA) is 94.9 Å². The van der Waals surface area contributed by atoms with Crippen molar-refractivity contribution in [2.24, 2.45) is 5.41 Å². The summed E-state index contributed by atoms with van der Waals surface area (Å²) in [5.41, 5.74) is 0.452. The number of fused-ring (bicyclic) bond motifs is 1. The van der Waals surface area contributed by atoms with Gasteiger partial charge in [0.15, 0.2) is 11.6 Å². The van der Waals surface area contributed by atoms with E-state index in [1.54, 1.807) is 25.3 Å². The minimum atomic E-state index is -1.25. The molecular weight excluding hydrogens is 535 g/mol. The molecule has 3 N–H and O–H groups in total. The quantitative estimate of drug-likeness (QED) is 0.253. The predicted octanol–water partition coefficient (Wildman–Crippen LogP) is 5.80. The molecule has 0 radical (unpaired) electrons. The van der Waals surface area contributed by atoms with Gasteiger partial charge in [-0.2, -0.15) is 0 Å². The van der Waals surface area contributed by atoms with Gasteiger partial charge in [0.25, 0.3) is 0 Å². The number of pyridine rings is 1. The van der Waals surface area contributed by atoms with E-state index in [2.05, 4.69) is 15.2 Å². The molecule has 1 fully saturated rings. The number of carbonyl (C=O) groups is 1. The number of aliphatic hydroxyl groups excluding tert-OH is 1. The number of aromatic nitrogens is 1. The molecule has 39 heavy (non-hydrogen) atoms. The maximum Gasteiger partial charge on any atom is 0.303 e. The SMILES string of the molecule is COc1ccc2ncc(Cl)c([C@H](O)CCC3(CC(=O)O)CCN(CCNc4cc(F)cc(F)c4F)CC3)c2c1. The number of rotatable bonds is 11. The molecule has 1 aliphatic heterocycles. The van der Waals surface area contributed by atoms with Crippen LogP contribution in [0, 0.1) is 22.9 Å². The summed E-state index contributed by atoms with van der Waals surface area (Å²) in [5, 5.41) is 24.5. The van der Waals surface area contributed by atoms with Crippen LogP contribution in [-0.4, -0.2) is 59.4 Å². The first kappa shape index (κ1) is 28.9. The second-order valence-electron chi connectivity index (χ2n) is 10.0. The molecule has 0 saturated carbocycles. The van der Waals surface area contributed by atoms with E-state index in [0.29, 0.717) is 78.6 Å². The Morgan fingerprint density at radius 1 is 1.23 bits per heavy atom. The third-order valence-electron chi connectivity index (χ3n) is 7.53. The molecule has 0 bridgehead atoms. The van der Waals surface area contributed by atoms with Gasteiger partial charge in [-0.3, -0.25) is 9.78 Å². The van der Waals surface area contributed by atoms with Gasteiger partial charge in [-0.25, -0.2) is 13.2 Å². The summed E-state index contributed by atoms with van der Waals surface area (Å²) in [6, 6.07) is 6.74. The van der Waals surface area contributed by atoms with Gasteiger partial charge in [0.2, 0.25) is 0 Å². The Morgan fingerprint density at radius 2 is 1.97 bits per heavy atom. The molecule has 0 unspecified atom stereocenters. The van der Waals surface area contributed by atoms with Gasteiger partial charge in [0, 0.05) is 42.4 Å². The Balaban J connectivity index is 1.39. The smallest absolute Gasteiger partial charge is 0.303 e. The number of likely N-dealkylation sites (tertiary alicyclic amines) is 1. The van der Waals surface area contributed by atoms with E-state index >= 15 is 0 Å². The second-order valence-corrected chi connectivity index (χ2v) is 10.5. The van der Waals surface area contributed by atoms with Crippen molar-refractivity contribution in [2.75, 3.05) is 38.6 Å². The largest absolute Gasteiger partial charge is 0.497 e. The number of nitrogens with one attached hydrogen (secondary N) is 1. The van der Waals surface area contributed by atoms with Gasteiger partial charge in [0.05, 0.1) is 35.9 Å². The summed E-state index contributed by atoms with van der Waals surface area (Å²) in [6.07, 6.45) is 2.52. The van der Waals surface area contributed by atoms with Crippen LogP contribution in [0.3, 0.4) is 0 Å². The van der Waals surface area contributed by atoms with Crippen LogP contribution in [0.15, 0.2) is 36.5 Å². The number of anilines is 1. The lowest BCUT2D eigenvalue weighted by molar-refractivity contribution is -0.141. The number of aliphatic hydroxyl groups is 1. The van der Waals surface area contributed by atoms with Crippen LogP contribution in [0.5, 0.6) is 5.75 Å². The molecule has 1 aromatic heterocycles. The van der Waals surface area contributed by atoms with Crippen LogP contribution in [0.25, 0.3) is 10.9 Å². The first-order chi connectivity index (χ1) is 18.6. The first-order valence-corrected chi connectivity index (χ1v) is 13.1. The van der Waals surface area contributed by atoms with E-state index in [4.69, 9.17) is 16.3 Å². The molecule has 11 heteroatoms. The van der Waals surface area contributed by atoms with Crippen LogP contribution in [0.1, 0.15) is 43.8 Å². The van der Waals surface area contributed by atoms with E-state index in [1.807, 2.05) is 0 Å². The summed E-state index contributed by atoms with van der Waals surface area (Å²) < 4.78 is 46.0. The van der Waals surface area contributed by atoms with Crippen molar-refractivity contribution in [3.63, 3.8) is 0 Å². The first-order valence-electron chi connectivity index (χ1n) is 12.7. The third kappa shape index (κ3) is 6.93. The molecule has 0 amide bonds. The van der Waals surface area contributed by atoms with Crippen molar-refractivity contribution >= 4 is 34.2 Å². The minimum Gasteiger partial charge on any atom is -0.497 e. The van der Waals surface area contributed by atoms with Gasteiger partial charge in [0.1, 0.15) is 11.6 Å². The second kappa shape index (κ2) is 12.4. The monoisotopic (exact) mass is 565 g/mol. The average Bonchev–Trinajstić information content (AvgIpc) is 2.90. The molecule has 0 aliphatic carbocycles. The zero-order valence-corrected chi connectivity index (χ0v) is 22.3. The molecule has 7 nitrogen and oxygen atoms in total. The number of carboxylic acids is 1. The van der Waals surface area contributed by atoms with E-state index in [9.17, 15) is 28.2 Å². The molecule has 1 saturated heterocycles. The number of halogens is 4. The van der Waals surface area contributed by atoms with E-state index in [-0.39, 0.29) is 18.7 Å². The molecule has 210 valence electrons. The van der Waals surface area contributed by atoms with Crippen molar-refractivity contribution in [2.45, 2.75) is 38.2 Å². The third-order valence-corrected chi connectivity index (χ3v) is 7.83. The molecule has 2 heterocycles. The molecule has 1 aliphatic rings. The Kier molecular flexibility index (Phi) is 9.19. The molecule has 3 aromatic rings. The van der Waals surface area contributed by atoms with Crippen LogP contribution in [-0.2, 0) is 4.79 Å². The van der Waals surface area contributed by atoms with Crippen LogP contribution in [0.4, 0.5) is 18.9 Å². The Labute approximate surface area is 229 Å². The number of benzene rings is 2. The van der Waals surface area contributed by atoms with Gasteiger partial charge < -0.3 is 25.2 Å². The van der Waals surface area contributed by atoms with Gasteiger partial charge in [-0.15, -0.1) is 0 Å². The van der Waals surface area contributed by atoms with Crippen LogP contribution in [0.2, 0.25) is 5.02 Å². The highest BCUT2D eigenvalue weighted by atomic mass is 35.5. The standard InChI is InChI=1S/C28H31ClF3N3O4/c1-39-18-2-3-22-19(14-18)26(20(29)16-34-22)24(36)4-5-28(15-25(37)38)6-9-35(10-7-28)11-8-33-23-13-17(30)12-21(31)27(23)32/h2-3,12-14,16,24,33,36H,4-11,15H2,1H3,(H,37,38)/t24-/m1/s1. The molecule has 1 atom stereocenters. The van der Waals surface area contributed by atoms with Gasteiger partial charge in [-0.05, 0) is 62.4 Å². The van der Waals surface area contributed by atoms with Crippen LogP contribution >= 0.6 is 11.6 Å². The lowest BCUT2D eigenvalue weighted by Crippen LogP contribution is -2.43. The lowest BCUT2D eigenvalue weighted by Gasteiger charge is -2.41. The van der Waals surface area contributed by atoms with E-state index < -0.39 is 34.9 Å². The summed E-state index contributed by atoms with van der Waals surface area (Å²) in [4.78, 5) is 18.2. The molecule has 4 rings (SSSR count). The van der Waals surface area contributed by atoms with Gasteiger partial charge >= 0.3 is 5.97 Å². The Hall–Kier alpha value is -3.08. The highest BCUT2D eigenvalue weighted by Crippen LogP contribution is 2.43. The van der Waals surface area contributed by atoms with Crippen LogP contribution < -0.4 is 10.1 Å². The zero-order valence-electron chi connectivity index (χ0n) is 21.5. The minimum absolute atomic E-state index is 0.0295. The summed E-state index contributed by atoms with van der Waals surface area (Å²) in [7, 11) is 1.55. The number of hydrogen-bond donors (Lipinski definition) is 3. The highest BCUT2D eigenvalue weighted by molar-refractivity contribution is 6.32. The number of piperidine rings is 1. The Bertz CT molecular complexity index is 1340. The fourth-order valence-corrected chi connectivity index (χ4v) is 5.62. The normalized spacial score (nSPS) is 16.3. The van der Waals surface area contributed by atoms with Crippen molar-refractivity contribution in [1.29, 1.82) is 0 Å². The number of hydrogen-bond acceptors (Lipinski definition) is 6. The lowest BCUT2D eigenvalue weighted by atomic mass is 9.71. The predicted molar refractivity (Wildman–Crippen MR) is 143 cm³/mol. The van der Waals surface area contributed by atoms with Gasteiger partial charge in [-0.1, -0.05) is 11.6 Å². The number of methoxy groups -OCH3 is 1.